The van der Waals surface area contributed by atoms with E-state index in [9.17, 15) is 0 Å². The van der Waals surface area contributed by atoms with Gasteiger partial charge in [0.1, 0.15) is 24.5 Å². The molecule has 2 aromatic heterocycles. The lowest BCUT2D eigenvalue weighted by Crippen LogP contribution is -2.20. The van der Waals surface area contributed by atoms with Crippen LogP contribution in [0.25, 0.3) is 21.8 Å². The van der Waals surface area contributed by atoms with Crippen LogP contribution in [0.3, 0.4) is 0 Å². The maximum atomic E-state index is 6.15. The largest absolute Gasteiger partial charge is 0.489 e. The minimum Gasteiger partial charge on any atom is -0.489 e. The Balaban J connectivity index is 1.44. The average Bonchev–Trinajstić information content (AvgIpc) is 3.26. The summed E-state index contributed by atoms with van der Waals surface area (Å²) in [6.07, 6.45) is 1.45. The molecule has 6 heteroatoms. The molecule has 6 nitrogen and oxygen atoms in total. The van der Waals surface area contributed by atoms with Gasteiger partial charge >= 0.3 is 0 Å². The van der Waals surface area contributed by atoms with Crippen molar-refractivity contribution in [1.82, 2.24) is 20.2 Å². The van der Waals surface area contributed by atoms with Crippen molar-refractivity contribution in [2.75, 3.05) is 5.73 Å². The van der Waals surface area contributed by atoms with Crippen LogP contribution in [0.2, 0.25) is 0 Å². The van der Waals surface area contributed by atoms with E-state index in [1.807, 2.05) is 6.07 Å². The fourth-order valence-electron chi connectivity index (χ4n) is 4.29. The molecule has 33 heavy (non-hydrogen) atoms. The lowest BCUT2D eigenvalue weighted by molar-refractivity contribution is 0.306. The van der Waals surface area contributed by atoms with Crippen LogP contribution < -0.4 is 10.5 Å². The van der Waals surface area contributed by atoms with E-state index in [-0.39, 0.29) is 5.41 Å². The lowest BCUT2D eigenvalue weighted by atomic mass is 9.79. The second-order valence-corrected chi connectivity index (χ2v) is 9.12. The Kier molecular flexibility index (Phi) is 5.01. The van der Waals surface area contributed by atoms with Crippen molar-refractivity contribution in [2.24, 2.45) is 0 Å². The number of ether oxygens (including phenoxy) is 1. The minimum absolute atomic E-state index is 0.386. The number of nitrogen functional groups attached to an aromatic ring is 1. The van der Waals surface area contributed by atoms with Gasteiger partial charge in [-0.25, -0.2) is 9.97 Å². The molecule has 0 atom stereocenters. The summed E-state index contributed by atoms with van der Waals surface area (Å²) >= 11 is 0. The SMILES string of the molecule is Cc1ccc(C)c(COc2ccc3cc(C(C)(C)c4n[nH]c5ncnc(N)c45)ccc3c2)c1. The molecule has 3 aromatic carbocycles. The Labute approximate surface area is 192 Å². The van der Waals surface area contributed by atoms with Crippen molar-refractivity contribution in [3.8, 4) is 5.75 Å². The number of fused-ring (bicyclic) bond motifs is 2. The number of nitrogens with one attached hydrogen (secondary N) is 1. The zero-order chi connectivity index (χ0) is 23.2. The topological polar surface area (TPSA) is 89.7 Å². The number of H-pyrrole nitrogens is 1. The zero-order valence-corrected chi connectivity index (χ0v) is 19.3. The Bertz CT molecular complexity index is 1490. The normalized spacial score (nSPS) is 11.9. The van der Waals surface area contributed by atoms with Crippen LogP contribution in [0.4, 0.5) is 5.82 Å². The Morgan fingerprint density at radius 2 is 1.73 bits per heavy atom. The number of aryl methyl sites for hydroxylation is 2. The van der Waals surface area contributed by atoms with Crippen LogP contribution in [0.5, 0.6) is 5.75 Å². The van der Waals surface area contributed by atoms with Gasteiger partial charge in [0.05, 0.1) is 11.1 Å². The Morgan fingerprint density at radius 3 is 2.58 bits per heavy atom. The second-order valence-electron chi connectivity index (χ2n) is 9.12. The van der Waals surface area contributed by atoms with Crippen molar-refractivity contribution >= 4 is 27.6 Å². The van der Waals surface area contributed by atoms with E-state index in [0.29, 0.717) is 18.1 Å². The molecule has 0 aliphatic carbocycles. The highest BCUT2D eigenvalue weighted by Crippen LogP contribution is 2.37. The molecule has 0 amide bonds. The van der Waals surface area contributed by atoms with E-state index in [1.165, 1.54) is 23.0 Å². The molecule has 3 N–H and O–H groups in total. The summed E-state index contributed by atoms with van der Waals surface area (Å²) in [6.45, 7) is 9.05. The zero-order valence-electron chi connectivity index (χ0n) is 19.3. The number of hydrogen-bond acceptors (Lipinski definition) is 5. The fraction of sp³-hybridized carbons (Fsp3) is 0.222. The van der Waals surface area contributed by atoms with Gasteiger partial charge in [-0.15, -0.1) is 0 Å². The second kappa shape index (κ2) is 7.89. The number of benzene rings is 3. The highest BCUT2D eigenvalue weighted by atomic mass is 16.5. The molecular formula is C27H27N5O. The van der Waals surface area contributed by atoms with Crippen molar-refractivity contribution in [2.45, 2.75) is 39.7 Å². The third-order valence-corrected chi connectivity index (χ3v) is 6.41. The first-order valence-corrected chi connectivity index (χ1v) is 11.0. The Morgan fingerprint density at radius 1 is 0.939 bits per heavy atom. The van der Waals surface area contributed by atoms with Gasteiger partial charge in [0.25, 0.3) is 0 Å². The van der Waals surface area contributed by atoms with E-state index in [2.05, 4.69) is 96.4 Å². The number of aromatic nitrogens is 4. The van der Waals surface area contributed by atoms with Gasteiger partial charge in [0.15, 0.2) is 5.65 Å². The van der Waals surface area contributed by atoms with Crippen molar-refractivity contribution in [3.05, 3.63) is 88.9 Å². The first kappa shape index (κ1) is 20.9. The number of nitrogens with two attached hydrogens (primary N) is 1. The molecule has 0 unspecified atom stereocenters. The summed E-state index contributed by atoms with van der Waals surface area (Å²) in [6, 6.07) is 19.1. The highest BCUT2D eigenvalue weighted by Gasteiger charge is 2.30. The molecule has 0 saturated carbocycles. The van der Waals surface area contributed by atoms with E-state index >= 15 is 0 Å². The van der Waals surface area contributed by atoms with E-state index in [0.717, 1.165) is 33.2 Å². The molecule has 2 heterocycles. The summed E-state index contributed by atoms with van der Waals surface area (Å²) in [5.41, 5.74) is 12.1. The number of anilines is 1. The predicted molar refractivity (Wildman–Crippen MR) is 132 cm³/mol. The molecule has 0 fully saturated rings. The number of rotatable bonds is 5. The summed E-state index contributed by atoms with van der Waals surface area (Å²) in [5.74, 6) is 1.29. The average molecular weight is 438 g/mol. The first-order chi connectivity index (χ1) is 15.8. The maximum Gasteiger partial charge on any atom is 0.161 e. The van der Waals surface area contributed by atoms with Gasteiger partial charge in [0.2, 0.25) is 0 Å². The number of aromatic amines is 1. The summed E-state index contributed by atoms with van der Waals surface area (Å²) < 4.78 is 6.11. The number of nitrogens with zero attached hydrogens (tertiary/aromatic N) is 3. The highest BCUT2D eigenvalue weighted by molar-refractivity contribution is 5.90. The van der Waals surface area contributed by atoms with Crippen molar-refractivity contribution < 1.29 is 4.74 Å². The maximum absolute atomic E-state index is 6.15. The molecule has 166 valence electrons. The minimum atomic E-state index is -0.386. The van der Waals surface area contributed by atoms with Gasteiger partial charge < -0.3 is 10.5 Å². The summed E-state index contributed by atoms with van der Waals surface area (Å²) in [4.78, 5) is 8.41. The predicted octanol–water partition coefficient (Wildman–Crippen LogP) is 5.61. The Hall–Kier alpha value is -3.93. The van der Waals surface area contributed by atoms with Crippen molar-refractivity contribution in [3.63, 3.8) is 0 Å². The van der Waals surface area contributed by atoms with Gasteiger partial charge in [-0.3, -0.25) is 5.10 Å². The fourth-order valence-corrected chi connectivity index (χ4v) is 4.29. The van der Waals surface area contributed by atoms with Crippen LogP contribution in [0.1, 0.15) is 41.8 Å². The quantitative estimate of drug-likeness (QED) is 0.373. The van der Waals surface area contributed by atoms with Crippen molar-refractivity contribution in [1.29, 1.82) is 0 Å². The lowest BCUT2D eigenvalue weighted by Gasteiger charge is -2.24. The van der Waals surface area contributed by atoms with Gasteiger partial charge in [0, 0.05) is 5.41 Å². The monoisotopic (exact) mass is 437 g/mol. The molecule has 0 saturated heterocycles. The summed E-state index contributed by atoms with van der Waals surface area (Å²) in [7, 11) is 0. The third-order valence-electron chi connectivity index (χ3n) is 6.41. The van der Waals surface area contributed by atoms with E-state index in [4.69, 9.17) is 10.5 Å². The number of hydrogen-bond donors (Lipinski definition) is 2. The standard InChI is InChI=1S/C27H27N5O/c1-16-5-6-17(2)20(11-16)14-33-22-10-8-18-12-21(9-7-19(18)13-22)27(3,4)24-23-25(28)29-15-30-26(23)32-31-24/h5-13,15H,14H2,1-4H3,(H3,28,29,30,31,32). The first-order valence-electron chi connectivity index (χ1n) is 11.0. The van der Waals surface area contributed by atoms with Crippen LogP contribution in [0.15, 0.2) is 60.9 Å². The van der Waals surface area contributed by atoms with Crippen LogP contribution >= 0.6 is 0 Å². The smallest absolute Gasteiger partial charge is 0.161 e. The van der Waals surface area contributed by atoms with Crippen LogP contribution in [-0.4, -0.2) is 20.2 Å². The molecule has 5 aromatic rings. The van der Waals surface area contributed by atoms with E-state index < -0.39 is 0 Å². The van der Waals surface area contributed by atoms with Gasteiger partial charge in [-0.2, -0.15) is 5.10 Å². The van der Waals surface area contributed by atoms with Gasteiger partial charge in [-0.05, 0) is 53.4 Å². The molecule has 0 aliphatic rings. The van der Waals surface area contributed by atoms with Crippen LogP contribution in [0, 0.1) is 13.8 Å². The molecule has 0 spiro atoms. The molecule has 0 aliphatic heterocycles. The van der Waals surface area contributed by atoms with Crippen LogP contribution in [-0.2, 0) is 12.0 Å². The molecule has 5 rings (SSSR count). The summed E-state index contributed by atoms with van der Waals surface area (Å²) in [5, 5.41) is 10.6. The molecule has 0 bridgehead atoms. The molecule has 0 radical (unpaired) electrons. The molecular weight excluding hydrogens is 410 g/mol. The van der Waals surface area contributed by atoms with Gasteiger partial charge in [-0.1, -0.05) is 61.9 Å². The van der Waals surface area contributed by atoms with E-state index in [1.54, 1.807) is 0 Å². The third kappa shape index (κ3) is 3.78.